The highest BCUT2D eigenvalue weighted by Crippen LogP contribution is 2.37. The standard InChI is InChI=1S/C20H18ClF2NO3/c1-27-20(26)15-10-11(22)9-14(15)19(25)24-17-8-4-6-13(18(17)23)12-5-2-3-7-16(12)21/h2-8,11,14-15H,9-10H2,1H3,(H,24,25)/t11-,14?,15-/m1/s1. The largest absolute Gasteiger partial charge is 0.469 e. The second-order valence-electron chi connectivity index (χ2n) is 6.44. The third kappa shape index (κ3) is 3.95. The maximum Gasteiger partial charge on any atom is 0.309 e. The molecule has 0 aromatic heterocycles. The van der Waals surface area contributed by atoms with Gasteiger partial charge in [0.25, 0.3) is 0 Å². The average molecular weight is 394 g/mol. The molecule has 1 aliphatic rings. The first-order valence-electron chi connectivity index (χ1n) is 8.48. The minimum atomic E-state index is -1.27. The van der Waals surface area contributed by atoms with E-state index in [2.05, 4.69) is 10.1 Å². The van der Waals surface area contributed by atoms with Crippen LogP contribution < -0.4 is 5.32 Å². The van der Waals surface area contributed by atoms with Gasteiger partial charge in [-0.05, 0) is 25.0 Å². The summed E-state index contributed by atoms with van der Waals surface area (Å²) >= 11 is 6.13. The van der Waals surface area contributed by atoms with E-state index in [1.165, 1.54) is 13.2 Å². The Kier molecular flexibility index (Phi) is 5.75. The zero-order valence-corrected chi connectivity index (χ0v) is 15.3. The molecule has 1 aliphatic carbocycles. The van der Waals surface area contributed by atoms with Gasteiger partial charge in [0.15, 0.2) is 5.82 Å². The molecule has 27 heavy (non-hydrogen) atoms. The SMILES string of the molecule is COC(=O)[C@@H]1C[C@H](F)CC1C(=O)Nc1cccc(-c2ccccc2Cl)c1F. The second-order valence-corrected chi connectivity index (χ2v) is 6.85. The first kappa shape index (κ1) is 19.3. The Labute approximate surface area is 160 Å². The van der Waals surface area contributed by atoms with E-state index in [4.69, 9.17) is 11.6 Å². The highest BCUT2D eigenvalue weighted by atomic mass is 35.5. The summed E-state index contributed by atoms with van der Waals surface area (Å²) in [5, 5.41) is 2.86. The molecule has 1 N–H and O–H groups in total. The van der Waals surface area contributed by atoms with Gasteiger partial charge in [0.1, 0.15) is 6.17 Å². The molecule has 1 unspecified atom stereocenters. The maximum atomic E-state index is 14.9. The number of amides is 1. The predicted octanol–water partition coefficient (Wildman–Crippen LogP) is 4.62. The summed E-state index contributed by atoms with van der Waals surface area (Å²) in [6.45, 7) is 0. The molecule has 1 fully saturated rings. The average Bonchev–Trinajstić information content (AvgIpc) is 3.05. The van der Waals surface area contributed by atoms with Crippen LogP contribution in [0, 0.1) is 17.7 Å². The summed E-state index contributed by atoms with van der Waals surface area (Å²) in [7, 11) is 1.19. The lowest BCUT2D eigenvalue weighted by Gasteiger charge is -2.17. The predicted molar refractivity (Wildman–Crippen MR) is 98.6 cm³/mol. The van der Waals surface area contributed by atoms with Gasteiger partial charge in [0.05, 0.1) is 24.6 Å². The minimum Gasteiger partial charge on any atom is -0.469 e. The Hall–Kier alpha value is -2.47. The molecule has 1 saturated carbocycles. The first-order valence-corrected chi connectivity index (χ1v) is 8.86. The van der Waals surface area contributed by atoms with Crippen molar-refractivity contribution in [2.75, 3.05) is 12.4 Å². The number of alkyl halides is 1. The van der Waals surface area contributed by atoms with Crippen molar-refractivity contribution in [3.8, 4) is 11.1 Å². The van der Waals surface area contributed by atoms with Gasteiger partial charge in [-0.15, -0.1) is 0 Å². The van der Waals surface area contributed by atoms with Crippen molar-refractivity contribution < 1.29 is 23.1 Å². The molecule has 1 amide bonds. The van der Waals surface area contributed by atoms with Crippen LogP contribution in [0.2, 0.25) is 5.02 Å². The van der Waals surface area contributed by atoms with Crippen LogP contribution in [0.25, 0.3) is 11.1 Å². The lowest BCUT2D eigenvalue weighted by Crippen LogP contribution is -2.31. The second kappa shape index (κ2) is 8.05. The van der Waals surface area contributed by atoms with Crippen LogP contribution >= 0.6 is 11.6 Å². The normalized spacial score (nSPS) is 21.7. The van der Waals surface area contributed by atoms with Crippen LogP contribution in [0.3, 0.4) is 0 Å². The van der Waals surface area contributed by atoms with Gasteiger partial charge < -0.3 is 10.1 Å². The molecule has 0 saturated heterocycles. The number of rotatable bonds is 4. The molecule has 2 aromatic carbocycles. The molecule has 2 aromatic rings. The third-order valence-corrected chi connectivity index (χ3v) is 5.10. The fourth-order valence-electron chi connectivity index (χ4n) is 3.42. The van der Waals surface area contributed by atoms with E-state index in [0.29, 0.717) is 10.6 Å². The van der Waals surface area contributed by atoms with Crippen LogP contribution in [0.4, 0.5) is 14.5 Å². The van der Waals surface area contributed by atoms with Crippen molar-refractivity contribution in [1.29, 1.82) is 0 Å². The summed E-state index contributed by atoms with van der Waals surface area (Å²) in [5.41, 5.74) is 0.672. The lowest BCUT2D eigenvalue weighted by atomic mass is 9.95. The number of ether oxygens (including phenoxy) is 1. The molecule has 3 atom stereocenters. The Morgan fingerprint density at radius 1 is 1.07 bits per heavy atom. The fraction of sp³-hybridized carbons (Fsp3) is 0.300. The molecular weight excluding hydrogens is 376 g/mol. The van der Waals surface area contributed by atoms with Gasteiger partial charge in [-0.25, -0.2) is 8.78 Å². The van der Waals surface area contributed by atoms with Crippen molar-refractivity contribution in [2.45, 2.75) is 19.0 Å². The smallest absolute Gasteiger partial charge is 0.309 e. The number of halogens is 3. The van der Waals surface area contributed by atoms with Crippen LogP contribution in [-0.2, 0) is 14.3 Å². The van der Waals surface area contributed by atoms with Crippen molar-refractivity contribution in [1.82, 2.24) is 0 Å². The Bertz CT molecular complexity index is 874. The van der Waals surface area contributed by atoms with Gasteiger partial charge in [-0.3, -0.25) is 9.59 Å². The zero-order valence-electron chi connectivity index (χ0n) is 14.5. The number of carbonyl (C=O) groups is 2. The lowest BCUT2D eigenvalue weighted by molar-refractivity contribution is -0.148. The number of anilines is 1. The summed E-state index contributed by atoms with van der Waals surface area (Å²) < 4.78 is 33.3. The van der Waals surface area contributed by atoms with Crippen LogP contribution in [0.1, 0.15) is 12.8 Å². The van der Waals surface area contributed by atoms with E-state index in [9.17, 15) is 18.4 Å². The van der Waals surface area contributed by atoms with Crippen LogP contribution in [0.15, 0.2) is 42.5 Å². The Balaban J connectivity index is 1.86. The summed E-state index contributed by atoms with van der Waals surface area (Å²) in [4.78, 5) is 24.4. The van der Waals surface area contributed by atoms with Crippen molar-refractivity contribution in [2.24, 2.45) is 11.8 Å². The summed E-state index contributed by atoms with van der Waals surface area (Å²) in [6, 6.07) is 11.3. The maximum absolute atomic E-state index is 14.9. The topological polar surface area (TPSA) is 55.4 Å². The number of esters is 1. The highest BCUT2D eigenvalue weighted by molar-refractivity contribution is 6.33. The molecule has 0 bridgehead atoms. The quantitative estimate of drug-likeness (QED) is 0.771. The first-order chi connectivity index (χ1) is 12.9. The van der Waals surface area contributed by atoms with E-state index in [1.54, 1.807) is 36.4 Å². The Morgan fingerprint density at radius 2 is 1.74 bits per heavy atom. The van der Waals surface area contributed by atoms with E-state index in [1.807, 2.05) is 0 Å². The molecule has 4 nitrogen and oxygen atoms in total. The van der Waals surface area contributed by atoms with E-state index >= 15 is 0 Å². The number of hydrogen-bond acceptors (Lipinski definition) is 3. The summed E-state index contributed by atoms with van der Waals surface area (Å²) in [5.74, 6) is -3.68. The van der Waals surface area contributed by atoms with Gasteiger partial charge >= 0.3 is 5.97 Å². The van der Waals surface area contributed by atoms with Crippen LogP contribution in [0.5, 0.6) is 0 Å². The van der Waals surface area contributed by atoms with Crippen molar-refractivity contribution in [3.63, 3.8) is 0 Å². The number of hydrogen-bond donors (Lipinski definition) is 1. The molecule has 0 aliphatic heterocycles. The fourth-order valence-corrected chi connectivity index (χ4v) is 3.66. The van der Waals surface area contributed by atoms with E-state index in [0.717, 1.165) is 0 Å². The number of nitrogens with one attached hydrogen (secondary N) is 1. The van der Waals surface area contributed by atoms with Crippen molar-refractivity contribution in [3.05, 3.63) is 53.3 Å². The monoisotopic (exact) mass is 393 g/mol. The number of carbonyl (C=O) groups excluding carboxylic acids is 2. The van der Waals surface area contributed by atoms with Gasteiger partial charge in [-0.1, -0.05) is 41.9 Å². The Morgan fingerprint density at radius 3 is 2.44 bits per heavy atom. The van der Waals surface area contributed by atoms with Gasteiger partial charge in [0, 0.05) is 16.1 Å². The minimum absolute atomic E-state index is 0.0525. The molecule has 3 rings (SSSR count). The number of methoxy groups -OCH3 is 1. The number of benzene rings is 2. The molecule has 142 valence electrons. The van der Waals surface area contributed by atoms with E-state index in [-0.39, 0.29) is 24.1 Å². The van der Waals surface area contributed by atoms with Gasteiger partial charge in [0.2, 0.25) is 5.91 Å². The molecule has 0 heterocycles. The third-order valence-electron chi connectivity index (χ3n) is 4.77. The summed E-state index contributed by atoms with van der Waals surface area (Å²) in [6.07, 6.45) is -1.45. The highest BCUT2D eigenvalue weighted by Gasteiger charge is 2.43. The van der Waals surface area contributed by atoms with E-state index < -0.39 is 35.7 Å². The van der Waals surface area contributed by atoms with Crippen LogP contribution in [-0.4, -0.2) is 25.2 Å². The molecule has 0 radical (unpaired) electrons. The molecule has 7 heteroatoms. The molecule has 0 spiro atoms. The zero-order chi connectivity index (χ0) is 19.6. The molecular formula is C20H18ClF2NO3. The van der Waals surface area contributed by atoms with Gasteiger partial charge in [-0.2, -0.15) is 0 Å². The van der Waals surface area contributed by atoms with Crippen molar-refractivity contribution >= 4 is 29.2 Å².